The number of carbonyl (C=O) groups is 1. The van der Waals surface area contributed by atoms with Gasteiger partial charge in [0.25, 0.3) is 5.91 Å². The lowest BCUT2D eigenvalue weighted by Crippen LogP contribution is -2.34. The Kier molecular flexibility index (Phi) is 4.92. The summed E-state index contributed by atoms with van der Waals surface area (Å²) in [6.45, 7) is -0.350. The maximum Gasteiger partial charge on any atom is 0.350 e. The fourth-order valence-corrected chi connectivity index (χ4v) is 2.23. The Morgan fingerprint density at radius 1 is 1.45 bits per heavy atom. The van der Waals surface area contributed by atoms with Gasteiger partial charge in [-0.05, 0) is 0 Å². The van der Waals surface area contributed by atoms with E-state index in [0.717, 1.165) is 11.0 Å². The van der Waals surface area contributed by atoms with E-state index in [1.165, 1.54) is 0 Å². The van der Waals surface area contributed by atoms with Crippen LogP contribution in [-0.2, 0) is 14.0 Å². The number of aromatic nitrogens is 3. The van der Waals surface area contributed by atoms with Gasteiger partial charge in [0.2, 0.25) is 5.82 Å². The monoisotopic (exact) mass is 338 g/mol. The summed E-state index contributed by atoms with van der Waals surface area (Å²) in [7, 11) is -4.34. The number of hydrogen-bond acceptors (Lipinski definition) is 8. The summed E-state index contributed by atoms with van der Waals surface area (Å²) in [6, 6.07) is 0. The highest BCUT2D eigenvalue weighted by atomic mass is 31.2. The van der Waals surface area contributed by atoms with Crippen molar-refractivity contribution < 1.29 is 38.8 Å². The largest absolute Gasteiger partial charge is 0.387 e. The number of ether oxygens (including phenoxy) is 2. The third-order valence-corrected chi connectivity index (χ3v) is 3.39. The third-order valence-electron chi connectivity index (χ3n) is 2.87. The van der Waals surface area contributed by atoms with Crippen molar-refractivity contribution in [1.29, 1.82) is 0 Å². The molecule has 1 saturated heterocycles. The summed E-state index contributed by atoms with van der Waals surface area (Å²) in [5, 5.41) is 23.4. The first-order chi connectivity index (χ1) is 10.2. The zero-order valence-electron chi connectivity index (χ0n) is 11.1. The number of aliphatic hydroxyl groups is 2. The van der Waals surface area contributed by atoms with Gasteiger partial charge in [-0.25, -0.2) is 9.67 Å². The fraction of sp³-hybridized carbons (Fsp3) is 0.667. The lowest BCUT2D eigenvalue weighted by Gasteiger charge is -2.14. The molecule has 0 saturated carbocycles. The maximum atomic E-state index is 10.9. The first-order valence-corrected chi connectivity index (χ1v) is 7.83. The lowest BCUT2D eigenvalue weighted by atomic mass is 10.1. The second-order valence-electron chi connectivity index (χ2n) is 4.62. The van der Waals surface area contributed by atoms with Crippen LogP contribution in [-0.4, -0.2) is 71.9 Å². The van der Waals surface area contributed by atoms with Crippen LogP contribution in [0, 0.1) is 0 Å². The second-order valence-corrected chi connectivity index (χ2v) is 6.21. The minimum atomic E-state index is -4.34. The number of primary amides is 1. The molecular weight excluding hydrogens is 323 g/mol. The molecule has 0 radical (unpaired) electrons. The predicted molar refractivity (Wildman–Crippen MR) is 67.3 cm³/mol. The molecule has 22 heavy (non-hydrogen) atoms. The molecule has 1 aliphatic heterocycles. The van der Waals surface area contributed by atoms with Gasteiger partial charge in [-0.15, -0.1) is 5.10 Å². The van der Waals surface area contributed by atoms with E-state index >= 15 is 0 Å². The lowest BCUT2D eigenvalue weighted by molar-refractivity contribution is -0.0677. The molecule has 2 rings (SSSR count). The number of aliphatic hydroxyl groups excluding tert-OH is 2. The van der Waals surface area contributed by atoms with Gasteiger partial charge >= 0.3 is 7.60 Å². The van der Waals surface area contributed by atoms with Crippen molar-refractivity contribution in [2.75, 3.05) is 13.0 Å². The zero-order chi connectivity index (χ0) is 16.5. The van der Waals surface area contributed by atoms with Crippen LogP contribution in [0.15, 0.2) is 6.33 Å². The highest BCUT2D eigenvalue weighted by molar-refractivity contribution is 7.51. The van der Waals surface area contributed by atoms with Crippen LogP contribution < -0.4 is 5.73 Å². The van der Waals surface area contributed by atoms with Crippen molar-refractivity contribution in [3.05, 3.63) is 12.2 Å². The van der Waals surface area contributed by atoms with Crippen LogP contribution in [0.5, 0.6) is 0 Å². The van der Waals surface area contributed by atoms with E-state index in [1.807, 2.05) is 0 Å². The highest BCUT2D eigenvalue weighted by Gasteiger charge is 2.44. The van der Waals surface area contributed by atoms with Crippen molar-refractivity contribution in [2.24, 2.45) is 5.73 Å². The fourth-order valence-electron chi connectivity index (χ4n) is 1.88. The first kappa shape index (κ1) is 17.0. The van der Waals surface area contributed by atoms with Crippen LogP contribution >= 0.6 is 7.60 Å². The number of amides is 1. The van der Waals surface area contributed by atoms with Crippen molar-refractivity contribution >= 4 is 13.5 Å². The molecule has 1 aliphatic rings. The number of nitrogens with two attached hydrogens (primary N) is 1. The van der Waals surface area contributed by atoms with Crippen molar-refractivity contribution in [3.8, 4) is 0 Å². The quantitative estimate of drug-likeness (QED) is 0.337. The average Bonchev–Trinajstić information content (AvgIpc) is 2.98. The van der Waals surface area contributed by atoms with Crippen molar-refractivity contribution in [3.63, 3.8) is 0 Å². The normalized spacial score (nSPS) is 28.9. The number of hydrogen-bond donors (Lipinski definition) is 5. The molecule has 124 valence electrons. The molecule has 1 aromatic heterocycles. The van der Waals surface area contributed by atoms with E-state index in [2.05, 4.69) is 10.1 Å². The smallest absolute Gasteiger partial charge is 0.350 e. The van der Waals surface area contributed by atoms with Gasteiger partial charge in [0.15, 0.2) is 6.23 Å². The standard InChI is InChI=1S/C9H15N4O8P/c10-7(16)8-11-2-13(12-8)9-6(15)5(14)4(21-9)1-20-3-22(17,18)19/h2,4-6,9,14-15H,1,3H2,(H2,10,16)(H2,17,18,19)/t4-,5-,6-,9?/m1/s1. The first-order valence-electron chi connectivity index (χ1n) is 6.04. The summed E-state index contributed by atoms with van der Waals surface area (Å²) >= 11 is 0. The summed E-state index contributed by atoms with van der Waals surface area (Å²) in [4.78, 5) is 31.8. The van der Waals surface area contributed by atoms with Crippen molar-refractivity contribution in [2.45, 2.75) is 24.5 Å². The van der Waals surface area contributed by atoms with E-state index in [-0.39, 0.29) is 12.4 Å². The highest BCUT2D eigenvalue weighted by Crippen LogP contribution is 2.35. The number of carbonyl (C=O) groups excluding carboxylic acids is 1. The minimum absolute atomic E-state index is 0.286. The third kappa shape index (κ3) is 3.87. The molecule has 1 fully saturated rings. The Bertz CT molecular complexity index is 588. The molecule has 0 bridgehead atoms. The van der Waals surface area contributed by atoms with Gasteiger partial charge in [0.05, 0.1) is 6.61 Å². The molecular formula is C9H15N4O8P. The van der Waals surface area contributed by atoms with Gasteiger partial charge in [0, 0.05) is 0 Å². The van der Waals surface area contributed by atoms with Crippen molar-refractivity contribution in [1.82, 2.24) is 14.8 Å². The van der Waals surface area contributed by atoms with E-state index in [1.54, 1.807) is 0 Å². The molecule has 2 heterocycles. The zero-order valence-corrected chi connectivity index (χ0v) is 12.0. The molecule has 4 atom stereocenters. The Labute approximate surface area is 123 Å². The molecule has 1 amide bonds. The Morgan fingerprint density at radius 3 is 2.68 bits per heavy atom. The van der Waals surface area contributed by atoms with E-state index in [4.69, 9.17) is 25.0 Å². The van der Waals surface area contributed by atoms with Gasteiger partial charge in [0.1, 0.15) is 31.0 Å². The molecule has 13 heteroatoms. The molecule has 6 N–H and O–H groups in total. The molecule has 0 aliphatic carbocycles. The van der Waals surface area contributed by atoms with Crippen LogP contribution in [0.25, 0.3) is 0 Å². The van der Waals surface area contributed by atoms with Gasteiger partial charge in [-0.2, -0.15) is 0 Å². The number of rotatable bonds is 6. The molecule has 0 spiro atoms. The summed E-state index contributed by atoms with van der Waals surface area (Å²) in [5.41, 5.74) is 5.00. The Hall–Kier alpha value is -1.40. The SMILES string of the molecule is NC(=O)c1ncn(C2O[C@H](COCP(=O)(O)O)[C@@H](O)[C@H]2O)n1. The van der Waals surface area contributed by atoms with Gasteiger partial charge < -0.3 is 35.2 Å². The van der Waals surface area contributed by atoms with Crippen LogP contribution in [0.1, 0.15) is 16.8 Å². The topological polar surface area (TPSA) is 190 Å². The summed E-state index contributed by atoms with van der Waals surface area (Å²) < 4.78 is 21.7. The summed E-state index contributed by atoms with van der Waals surface area (Å²) in [6.07, 6.45) is -4.68. The second kappa shape index (κ2) is 6.38. The Balaban J connectivity index is 2.00. The van der Waals surface area contributed by atoms with Gasteiger partial charge in [-0.1, -0.05) is 0 Å². The Morgan fingerprint density at radius 2 is 2.14 bits per heavy atom. The molecule has 0 aromatic carbocycles. The molecule has 1 aromatic rings. The molecule has 12 nitrogen and oxygen atoms in total. The van der Waals surface area contributed by atoms with E-state index in [9.17, 15) is 19.6 Å². The van der Waals surface area contributed by atoms with E-state index in [0.29, 0.717) is 0 Å². The average molecular weight is 338 g/mol. The predicted octanol–water partition coefficient (Wildman–Crippen LogP) is -2.85. The summed E-state index contributed by atoms with van der Waals surface area (Å²) in [5.74, 6) is -1.15. The molecule has 1 unspecified atom stereocenters. The van der Waals surface area contributed by atoms with Crippen LogP contribution in [0.3, 0.4) is 0 Å². The van der Waals surface area contributed by atoms with Crippen LogP contribution in [0.4, 0.5) is 0 Å². The maximum absolute atomic E-state index is 10.9. The van der Waals surface area contributed by atoms with E-state index < -0.39 is 44.4 Å². The minimum Gasteiger partial charge on any atom is -0.387 e. The number of nitrogens with zero attached hydrogens (tertiary/aromatic N) is 3. The van der Waals surface area contributed by atoms with Gasteiger partial charge in [-0.3, -0.25) is 9.36 Å². The van der Waals surface area contributed by atoms with Crippen LogP contribution in [0.2, 0.25) is 0 Å².